The standard InChI is InChI=1S/C16H18BrNO2/c1-2-19-14-9-5-6-10-15(14)20-16(11-18)12-7-3-4-8-13(12)17/h3-10,16H,2,11,18H2,1H3. The van der Waals surface area contributed by atoms with Crippen LogP contribution in [0.3, 0.4) is 0 Å². The summed E-state index contributed by atoms with van der Waals surface area (Å²) in [5.41, 5.74) is 6.89. The van der Waals surface area contributed by atoms with E-state index in [4.69, 9.17) is 15.2 Å². The Kier molecular flexibility index (Phi) is 5.44. The van der Waals surface area contributed by atoms with Crippen LogP contribution in [-0.2, 0) is 0 Å². The second-order valence-corrected chi connectivity index (χ2v) is 5.10. The number of halogens is 1. The van der Waals surface area contributed by atoms with Gasteiger partial charge in [-0.15, -0.1) is 0 Å². The quantitative estimate of drug-likeness (QED) is 0.869. The van der Waals surface area contributed by atoms with Gasteiger partial charge in [0.15, 0.2) is 11.5 Å². The van der Waals surface area contributed by atoms with Crippen LogP contribution in [0.5, 0.6) is 11.5 Å². The minimum atomic E-state index is -0.216. The number of hydrogen-bond acceptors (Lipinski definition) is 3. The summed E-state index contributed by atoms with van der Waals surface area (Å²) in [7, 11) is 0. The fourth-order valence-electron chi connectivity index (χ4n) is 1.95. The van der Waals surface area contributed by atoms with Crippen molar-refractivity contribution in [3.8, 4) is 11.5 Å². The molecule has 106 valence electrons. The van der Waals surface area contributed by atoms with E-state index in [2.05, 4.69) is 15.9 Å². The Labute approximate surface area is 127 Å². The Morgan fingerprint density at radius 1 is 1.05 bits per heavy atom. The highest BCUT2D eigenvalue weighted by molar-refractivity contribution is 9.10. The molecule has 2 aromatic rings. The molecule has 0 fully saturated rings. The minimum absolute atomic E-state index is 0.216. The number of para-hydroxylation sites is 2. The van der Waals surface area contributed by atoms with Gasteiger partial charge in [0.2, 0.25) is 0 Å². The zero-order chi connectivity index (χ0) is 14.4. The lowest BCUT2D eigenvalue weighted by Crippen LogP contribution is -2.19. The molecule has 0 aliphatic rings. The highest BCUT2D eigenvalue weighted by atomic mass is 79.9. The molecule has 1 atom stereocenters. The van der Waals surface area contributed by atoms with Crippen molar-refractivity contribution in [3.05, 3.63) is 58.6 Å². The molecule has 2 rings (SSSR count). The topological polar surface area (TPSA) is 44.5 Å². The van der Waals surface area contributed by atoms with Gasteiger partial charge in [0.1, 0.15) is 6.10 Å². The van der Waals surface area contributed by atoms with Gasteiger partial charge in [0.25, 0.3) is 0 Å². The molecule has 0 amide bonds. The van der Waals surface area contributed by atoms with Gasteiger partial charge in [-0.1, -0.05) is 46.3 Å². The molecule has 1 unspecified atom stereocenters. The van der Waals surface area contributed by atoms with Crippen molar-refractivity contribution in [1.29, 1.82) is 0 Å². The second kappa shape index (κ2) is 7.31. The Bertz CT molecular complexity index is 560. The van der Waals surface area contributed by atoms with E-state index in [1.165, 1.54) is 0 Å². The van der Waals surface area contributed by atoms with Crippen LogP contribution in [0.15, 0.2) is 53.0 Å². The Morgan fingerprint density at radius 2 is 1.70 bits per heavy atom. The lowest BCUT2D eigenvalue weighted by molar-refractivity contribution is 0.199. The van der Waals surface area contributed by atoms with Gasteiger partial charge in [0.05, 0.1) is 6.61 Å². The van der Waals surface area contributed by atoms with E-state index in [0.29, 0.717) is 18.9 Å². The molecule has 0 radical (unpaired) electrons. The SMILES string of the molecule is CCOc1ccccc1OC(CN)c1ccccc1Br. The van der Waals surface area contributed by atoms with E-state index in [1.54, 1.807) is 0 Å². The van der Waals surface area contributed by atoms with Crippen molar-refractivity contribution in [2.24, 2.45) is 5.73 Å². The molecule has 0 spiro atoms. The lowest BCUT2D eigenvalue weighted by atomic mass is 10.1. The van der Waals surface area contributed by atoms with Gasteiger partial charge in [-0.2, -0.15) is 0 Å². The van der Waals surface area contributed by atoms with Gasteiger partial charge in [-0.25, -0.2) is 0 Å². The smallest absolute Gasteiger partial charge is 0.162 e. The van der Waals surface area contributed by atoms with Crippen LogP contribution < -0.4 is 15.2 Å². The van der Waals surface area contributed by atoms with Crippen molar-refractivity contribution in [3.63, 3.8) is 0 Å². The van der Waals surface area contributed by atoms with Gasteiger partial charge in [0, 0.05) is 16.6 Å². The van der Waals surface area contributed by atoms with Crippen LogP contribution in [0.25, 0.3) is 0 Å². The summed E-state index contributed by atoms with van der Waals surface area (Å²) < 4.78 is 12.6. The predicted molar refractivity (Wildman–Crippen MR) is 84.2 cm³/mol. The summed E-state index contributed by atoms with van der Waals surface area (Å²) in [6.07, 6.45) is -0.216. The normalized spacial score (nSPS) is 11.9. The van der Waals surface area contributed by atoms with Crippen molar-refractivity contribution >= 4 is 15.9 Å². The summed E-state index contributed by atoms with van der Waals surface area (Å²) in [5.74, 6) is 1.45. The number of nitrogens with two attached hydrogens (primary N) is 1. The summed E-state index contributed by atoms with van der Waals surface area (Å²) in [6.45, 7) is 2.94. The number of rotatable bonds is 6. The first-order valence-corrected chi connectivity index (χ1v) is 7.38. The molecular weight excluding hydrogens is 318 g/mol. The molecule has 0 aromatic heterocycles. The third-order valence-electron chi connectivity index (χ3n) is 2.88. The fraction of sp³-hybridized carbons (Fsp3) is 0.250. The van der Waals surface area contributed by atoms with Gasteiger partial charge in [-0.05, 0) is 25.1 Å². The van der Waals surface area contributed by atoms with Crippen molar-refractivity contribution in [2.45, 2.75) is 13.0 Å². The number of benzene rings is 2. The van der Waals surface area contributed by atoms with Gasteiger partial charge < -0.3 is 15.2 Å². The predicted octanol–water partition coefficient (Wildman–Crippen LogP) is 3.93. The molecule has 2 N–H and O–H groups in total. The van der Waals surface area contributed by atoms with Crippen LogP contribution in [0.1, 0.15) is 18.6 Å². The van der Waals surface area contributed by atoms with Crippen LogP contribution in [-0.4, -0.2) is 13.2 Å². The van der Waals surface area contributed by atoms with E-state index >= 15 is 0 Å². The zero-order valence-corrected chi connectivity index (χ0v) is 13.0. The minimum Gasteiger partial charge on any atom is -0.490 e. The van der Waals surface area contributed by atoms with Crippen LogP contribution in [0.2, 0.25) is 0 Å². The second-order valence-electron chi connectivity index (χ2n) is 4.24. The third-order valence-corrected chi connectivity index (χ3v) is 3.61. The first-order chi connectivity index (χ1) is 9.76. The number of hydrogen-bond donors (Lipinski definition) is 1. The molecule has 0 aliphatic heterocycles. The molecule has 2 aromatic carbocycles. The van der Waals surface area contributed by atoms with E-state index in [0.717, 1.165) is 15.8 Å². The van der Waals surface area contributed by atoms with Crippen molar-refractivity contribution < 1.29 is 9.47 Å². The summed E-state index contributed by atoms with van der Waals surface area (Å²) in [5, 5.41) is 0. The molecular formula is C16H18BrNO2. The summed E-state index contributed by atoms with van der Waals surface area (Å²) >= 11 is 3.53. The highest BCUT2D eigenvalue weighted by Gasteiger charge is 2.16. The largest absolute Gasteiger partial charge is 0.490 e. The van der Waals surface area contributed by atoms with Crippen molar-refractivity contribution in [2.75, 3.05) is 13.2 Å². The lowest BCUT2D eigenvalue weighted by Gasteiger charge is -2.20. The first kappa shape index (κ1) is 14.9. The van der Waals surface area contributed by atoms with E-state index in [9.17, 15) is 0 Å². The third kappa shape index (κ3) is 3.52. The average Bonchev–Trinajstić information content (AvgIpc) is 2.47. The maximum absolute atomic E-state index is 6.03. The van der Waals surface area contributed by atoms with E-state index < -0.39 is 0 Å². The Balaban J connectivity index is 2.25. The monoisotopic (exact) mass is 335 g/mol. The Morgan fingerprint density at radius 3 is 2.35 bits per heavy atom. The van der Waals surface area contributed by atoms with Gasteiger partial charge in [-0.3, -0.25) is 0 Å². The van der Waals surface area contributed by atoms with E-state index in [1.807, 2.05) is 55.5 Å². The highest BCUT2D eigenvalue weighted by Crippen LogP contribution is 2.32. The molecule has 4 heteroatoms. The molecule has 0 heterocycles. The van der Waals surface area contributed by atoms with Crippen molar-refractivity contribution in [1.82, 2.24) is 0 Å². The fourth-order valence-corrected chi connectivity index (χ4v) is 2.49. The maximum atomic E-state index is 6.03. The average molecular weight is 336 g/mol. The van der Waals surface area contributed by atoms with Crippen LogP contribution >= 0.6 is 15.9 Å². The molecule has 0 saturated carbocycles. The Hall–Kier alpha value is -1.52. The summed E-state index contributed by atoms with van der Waals surface area (Å²) in [4.78, 5) is 0. The molecule has 20 heavy (non-hydrogen) atoms. The molecule has 0 aliphatic carbocycles. The van der Waals surface area contributed by atoms with Gasteiger partial charge >= 0.3 is 0 Å². The van der Waals surface area contributed by atoms with Crippen LogP contribution in [0, 0.1) is 0 Å². The molecule has 3 nitrogen and oxygen atoms in total. The summed E-state index contributed by atoms with van der Waals surface area (Å²) in [6, 6.07) is 15.6. The molecule has 0 saturated heterocycles. The van der Waals surface area contributed by atoms with E-state index in [-0.39, 0.29) is 6.10 Å². The number of ether oxygens (including phenoxy) is 2. The first-order valence-electron chi connectivity index (χ1n) is 6.59. The maximum Gasteiger partial charge on any atom is 0.162 e. The zero-order valence-electron chi connectivity index (χ0n) is 11.4. The van der Waals surface area contributed by atoms with Crippen LogP contribution in [0.4, 0.5) is 0 Å². The molecule has 0 bridgehead atoms.